The van der Waals surface area contributed by atoms with Gasteiger partial charge in [0.15, 0.2) is 0 Å². The number of Topliss-reactive ketones (excluding diaryl/α,β-unsaturated/α-hetero) is 1. The van der Waals surface area contributed by atoms with E-state index < -0.39 is 17.7 Å². The number of aromatic nitrogens is 2. The predicted molar refractivity (Wildman–Crippen MR) is 104 cm³/mol. The Kier molecular flexibility index (Phi) is 4.78. The Hall–Kier alpha value is -4.00. The van der Waals surface area contributed by atoms with Gasteiger partial charge in [-0.25, -0.2) is 0 Å². The number of carbonyl (C=O) groups excluding carboxylic acids is 2. The van der Waals surface area contributed by atoms with E-state index >= 15 is 0 Å². The van der Waals surface area contributed by atoms with Gasteiger partial charge in [0.25, 0.3) is 11.7 Å². The van der Waals surface area contributed by atoms with E-state index in [4.69, 9.17) is 0 Å². The summed E-state index contributed by atoms with van der Waals surface area (Å²) >= 11 is 0. The SMILES string of the molecule is O=C1C(=O)N(Cc2cccnc2)C(c2cccc(O)c2)C1=C(O)c1ccncc1. The largest absolute Gasteiger partial charge is 0.508 e. The fourth-order valence-electron chi connectivity index (χ4n) is 3.44. The van der Waals surface area contributed by atoms with Crippen molar-refractivity contribution in [1.82, 2.24) is 14.9 Å². The number of ketones is 1. The summed E-state index contributed by atoms with van der Waals surface area (Å²) in [6, 6.07) is 12.1. The number of benzene rings is 1. The predicted octanol–water partition coefficient (Wildman–Crippen LogP) is 2.80. The Morgan fingerprint density at radius 3 is 2.48 bits per heavy atom. The fourth-order valence-corrected chi connectivity index (χ4v) is 3.44. The lowest BCUT2D eigenvalue weighted by Crippen LogP contribution is -2.29. The molecular weight excluding hydrogens is 370 g/mol. The van der Waals surface area contributed by atoms with Gasteiger partial charge in [-0.3, -0.25) is 19.6 Å². The third-order valence-electron chi connectivity index (χ3n) is 4.76. The molecule has 2 N–H and O–H groups in total. The van der Waals surface area contributed by atoms with Crippen LogP contribution in [0.25, 0.3) is 5.76 Å². The Morgan fingerprint density at radius 1 is 1.00 bits per heavy atom. The molecule has 1 unspecified atom stereocenters. The number of phenols is 1. The zero-order valence-corrected chi connectivity index (χ0v) is 15.3. The molecule has 2 aromatic heterocycles. The number of phenolic OH excluding ortho intramolecular Hbond substituents is 1. The van der Waals surface area contributed by atoms with Crippen molar-refractivity contribution in [3.8, 4) is 5.75 Å². The van der Waals surface area contributed by atoms with Crippen molar-refractivity contribution < 1.29 is 19.8 Å². The molecular formula is C22H17N3O4. The standard InChI is InChI=1S/C22H17N3O4/c26-17-5-1-4-16(11-17)19-18(20(27)15-6-9-23-10-7-15)21(28)22(29)25(19)13-14-3-2-8-24-12-14/h1-12,19,26-27H,13H2. The van der Waals surface area contributed by atoms with Crippen molar-refractivity contribution in [3.63, 3.8) is 0 Å². The summed E-state index contributed by atoms with van der Waals surface area (Å²) < 4.78 is 0. The van der Waals surface area contributed by atoms with Crippen molar-refractivity contribution in [3.05, 3.63) is 95.6 Å². The van der Waals surface area contributed by atoms with Crippen LogP contribution in [0, 0.1) is 0 Å². The molecule has 0 spiro atoms. The Balaban J connectivity index is 1.87. The molecule has 1 aliphatic rings. The molecule has 4 rings (SSSR count). The number of aliphatic hydroxyl groups is 1. The van der Waals surface area contributed by atoms with Gasteiger partial charge in [0.1, 0.15) is 11.5 Å². The molecule has 1 aromatic carbocycles. The third-order valence-corrected chi connectivity index (χ3v) is 4.76. The molecule has 1 fully saturated rings. The van der Waals surface area contributed by atoms with E-state index in [1.54, 1.807) is 48.8 Å². The maximum absolute atomic E-state index is 12.9. The van der Waals surface area contributed by atoms with Gasteiger partial charge in [-0.2, -0.15) is 0 Å². The van der Waals surface area contributed by atoms with Crippen LogP contribution in [0.4, 0.5) is 0 Å². The summed E-state index contributed by atoms with van der Waals surface area (Å²) in [6.07, 6.45) is 6.21. The first-order valence-corrected chi connectivity index (χ1v) is 8.93. The molecule has 1 saturated heterocycles. The summed E-state index contributed by atoms with van der Waals surface area (Å²) in [5.41, 5.74) is 1.60. The van der Waals surface area contributed by atoms with E-state index in [0.717, 1.165) is 5.56 Å². The normalized spacial score (nSPS) is 18.2. The van der Waals surface area contributed by atoms with Crippen LogP contribution in [-0.4, -0.2) is 36.8 Å². The first-order valence-electron chi connectivity index (χ1n) is 8.93. The highest BCUT2D eigenvalue weighted by molar-refractivity contribution is 6.46. The molecule has 0 bridgehead atoms. The second kappa shape index (κ2) is 7.55. The number of aliphatic hydroxyl groups excluding tert-OH is 1. The highest BCUT2D eigenvalue weighted by Crippen LogP contribution is 2.40. The molecule has 1 amide bonds. The first-order chi connectivity index (χ1) is 14.1. The number of pyridine rings is 2. The van der Waals surface area contributed by atoms with Crippen molar-refractivity contribution in [2.45, 2.75) is 12.6 Å². The number of rotatable bonds is 4. The average Bonchev–Trinajstić information content (AvgIpc) is 2.99. The van der Waals surface area contributed by atoms with E-state index in [2.05, 4.69) is 9.97 Å². The van der Waals surface area contributed by atoms with Gasteiger partial charge >= 0.3 is 0 Å². The zero-order chi connectivity index (χ0) is 20.4. The Bertz CT molecular complexity index is 1100. The number of aromatic hydroxyl groups is 1. The van der Waals surface area contributed by atoms with Gasteiger partial charge < -0.3 is 15.1 Å². The topological polar surface area (TPSA) is 104 Å². The zero-order valence-electron chi connectivity index (χ0n) is 15.3. The van der Waals surface area contributed by atoms with Crippen molar-refractivity contribution in [2.24, 2.45) is 0 Å². The molecule has 144 valence electrons. The van der Waals surface area contributed by atoms with Crippen LogP contribution in [0.2, 0.25) is 0 Å². The average molecular weight is 387 g/mol. The van der Waals surface area contributed by atoms with Gasteiger partial charge in [-0.15, -0.1) is 0 Å². The summed E-state index contributed by atoms with van der Waals surface area (Å²) in [6.45, 7) is 0.131. The first kappa shape index (κ1) is 18.4. The lowest BCUT2D eigenvalue weighted by atomic mass is 9.95. The Labute approximate surface area is 166 Å². The van der Waals surface area contributed by atoms with Gasteiger partial charge in [0.2, 0.25) is 0 Å². The van der Waals surface area contributed by atoms with E-state index in [0.29, 0.717) is 11.1 Å². The van der Waals surface area contributed by atoms with Gasteiger partial charge in [-0.1, -0.05) is 18.2 Å². The van der Waals surface area contributed by atoms with Crippen LogP contribution in [0.5, 0.6) is 5.75 Å². The molecule has 7 heteroatoms. The molecule has 1 aliphatic heterocycles. The Morgan fingerprint density at radius 2 is 1.79 bits per heavy atom. The van der Waals surface area contributed by atoms with Crippen LogP contribution in [0.1, 0.15) is 22.7 Å². The molecule has 3 heterocycles. The number of likely N-dealkylation sites (tertiary alicyclic amines) is 1. The number of hydrogen-bond acceptors (Lipinski definition) is 6. The third kappa shape index (κ3) is 3.45. The van der Waals surface area contributed by atoms with E-state index in [-0.39, 0.29) is 23.6 Å². The van der Waals surface area contributed by atoms with Crippen molar-refractivity contribution >= 4 is 17.4 Å². The minimum atomic E-state index is -0.851. The van der Waals surface area contributed by atoms with Crippen LogP contribution in [0.15, 0.2) is 78.9 Å². The van der Waals surface area contributed by atoms with E-state index in [1.807, 2.05) is 0 Å². The van der Waals surface area contributed by atoms with E-state index in [9.17, 15) is 19.8 Å². The van der Waals surface area contributed by atoms with Crippen molar-refractivity contribution in [2.75, 3.05) is 0 Å². The highest BCUT2D eigenvalue weighted by atomic mass is 16.3. The number of carbonyl (C=O) groups is 2. The lowest BCUT2D eigenvalue weighted by Gasteiger charge is -2.25. The minimum absolute atomic E-state index is 0.00150. The lowest BCUT2D eigenvalue weighted by molar-refractivity contribution is -0.140. The van der Waals surface area contributed by atoms with Crippen molar-refractivity contribution in [1.29, 1.82) is 0 Å². The summed E-state index contributed by atoms with van der Waals surface area (Å²) in [5.74, 6) is -1.79. The van der Waals surface area contributed by atoms with Gasteiger partial charge in [0, 0.05) is 36.9 Å². The van der Waals surface area contributed by atoms with Gasteiger partial charge in [0.05, 0.1) is 11.6 Å². The molecule has 0 radical (unpaired) electrons. The summed E-state index contributed by atoms with van der Waals surface area (Å²) in [5, 5.41) is 20.8. The minimum Gasteiger partial charge on any atom is -0.508 e. The van der Waals surface area contributed by atoms with E-state index in [1.165, 1.54) is 29.4 Å². The summed E-state index contributed by atoms with van der Waals surface area (Å²) in [4.78, 5) is 35.1. The maximum Gasteiger partial charge on any atom is 0.295 e. The number of amides is 1. The fraction of sp³-hybridized carbons (Fsp3) is 0.0909. The summed E-state index contributed by atoms with van der Waals surface area (Å²) in [7, 11) is 0. The molecule has 0 saturated carbocycles. The molecule has 0 aliphatic carbocycles. The van der Waals surface area contributed by atoms with Crippen LogP contribution in [-0.2, 0) is 16.1 Å². The quantitative estimate of drug-likeness (QED) is 0.405. The number of hydrogen-bond donors (Lipinski definition) is 2. The molecule has 1 atom stereocenters. The highest BCUT2D eigenvalue weighted by Gasteiger charge is 2.46. The smallest absolute Gasteiger partial charge is 0.295 e. The molecule has 3 aromatic rings. The monoisotopic (exact) mass is 387 g/mol. The van der Waals surface area contributed by atoms with Crippen LogP contribution < -0.4 is 0 Å². The molecule has 7 nitrogen and oxygen atoms in total. The molecule has 29 heavy (non-hydrogen) atoms. The van der Waals surface area contributed by atoms with Crippen LogP contribution in [0.3, 0.4) is 0 Å². The maximum atomic E-state index is 12.9. The second-order valence-electron chi connectivity index (χ2n) is 6.62. The number of nitrogens with zero attached hydrogens (tertiary/aromatic N) is 3. The second-order valence-corrected chi connectivity index (χ2v) is 6.62. The van der Waals surface area contributed by atoms with Crippen LogP contribution >= 0.6 is 0 Å². The van der Waals surface area contributed by atoms with Gasteiger partial charge in [-0.05, 0) is 41.5 Å².